The number of carbonyl (C=O) groups is 1. The lowest BCUT2D eigenvalue weighted by Crippen LogP contribution is -2.30. The average Bonchev–Trinajstić information content (AvgIpc) is 3.35. The minimum Gasteiger partial charge on any atom is -0.343 e. The fourth-order valence-corrected chi connectivity index (χ4v) is 3.11. The number of aryl methyl sites for hydroxylation is 1. The average molecular weight is 341 g/mol. The van der Waals surface area contributed by atoms with E-state index >= 15 is 0 Å². The number of benzene rings is 1. The number of aromatic nitrogens is 4. The maximum absolute atomic E-state index is 13.1. The number of rotatable bonds is 3. The second kappa shape index (κ2) is 6.12. The SMILES string of the molecule is Cn1nc(-c2ccc(F)cc2)cc1C(=O)N1CC[C@H](c2ncon2)C1. The number of carbonyl (C=O) groups excluding carboxylic acids is 1. The highest BCUT2D eigenvalue weighted by molar-refractivity contribution is 5.94. The van der Waals surface area contributed by atoms with E-state index in [1.54, 1.807) is 34.8 Å². The lowest BCUT2D eigenvalue weighted by atomic mass is 10.1. The number of likely N-dealkylation sites (tertiary alicyclic amines) is 1. The molecule has 128 valence electrons. The molecule has 1 aliphatic heterocycles. The second-order valence-electron chi connectivity index (χ2n) is 6.07. The fourth-order valence-electron chi connectivity index (χ4n) is 3.11. The molecule has 1 atom stereocenters. The van der Waals surface area contributed by atoms with Crippen LogP contribution in [-0.2, 0) is 7.05 Å². The van der Waals surface area contributed by atoms with Crippen LogP contribution >= 0.6 is 0 Å². The summed E-state index contributed by atoms with van der Waals surface area (Å²) in [6.07, 6.45) is 2.10. The van der Waals surface area contributed by atoms with E-state index in [1.807, 2.05) is 0 Å². The van der Waals surface area contributed by atoms with E-state index in [1.165, 1.54) is 18.5 Å². The Morgan fingerprint density at radius 2 is 2.12 bits per heavy atom. The van der Waals surface area contributed by atoms with E-state index in [4.69, 9.17) is 4.52 Å². The van der Waals surface area contributed by atoms with E-state index < -0.39 is 0 Å². The van der Waals surface area contributed by atoms with Gasteiger partial charge in [-0.25, -0.2) is 4.39 Å². The van der Waals surface area contributed by atoms with Gasteiger partial charge in [0.2, 0.25) is 6.39 Å². The smallest absolute Gasteiger partial charge is 0.272 e. The fraction of sp³-hybridized carbons (Fsp3) is 0.294. The summed E-state index contributed by atoms with van der Waals surface area (Å²) in [5.41, 5.74) is 1.90. The summed E-state index contributed by atoms with van der Waals surface area (Å²) in [5, 5.41) is 8.24. The Morgan fingerprint density at radius 1 is 1.32 bits per heavy atom. The molecule has 0 spiro atoms. The molecule has 0 unspecified atom stereocenters. The summed E-state index contributed by atoms with van der Waals surface area (Å²) in [4.78, 5) is 18.7. The molecule has 0 aliphatic carbocycles. The van der Waals surface area contributed by atoms with Gasteiger partial charge in [-0.2, -0.15) is 10.1 Å². The maximum atomic E-state index is 13.1. The van der Waals surface area contributed by atoms with Crippen LogP contribution in [0.2, 0.25) is 0 Å². The Balaban J connectivity index is 1.54. The van der Waals surface area contributed by atoms with Crippen LogP contribution in [0.15, 0.2) is 41.2 Å². The molecule has 1 aromatic carbocycles. The zero-order valence-corrected chi connectivity index (χ0v) is 13.6. The lowest BCUT2D eigenvalue weighted by molar-refractivity contribution is 0.0779. The first-order valence-corrected chi connectivity index (χ1v) is 7.97. The molecule has 3 aromatic rings. The molecule has 1 saturated heterocycles. The van der Waals surface area contributed by atoms with Crippen molar-refractivity contribution in [2.45, 2.75) is 12.3 Å². The van der Waals surface area contributed by atoms with Crippen molar-refractivity contribution in [1.82, 2.24) is 24.8 Å². The highest BCUT2D eigenvalue weighted by Crippen LogP contribution is 2.27. The first kappa shape index (κ1) is 15.5. The summed E-state index contributed by atoms with van der Waals surface area (Å²) < 4.78 is 19.4. The molecule has 25 heavy (non-hydrogen) atoms. The van der Waals surface area contributed by atoms with Crippen LogP contribution in [0.4, 0.5) is 4.39 Å². The molecule has 1 aliphatic rings. The Bertz CT molecular complexity index is 888. The molecule has 3 heterocycles. The number of halogens is 1. The van der Waals surface area contributed by atoms with Gasteiger partial charge in [-0.3, -0.25) is 9.48 Å². The first-order valence-electron chi connectivity index (χ1n) is 7.97. The standard InChI is InChI=1S/C17H16FN5O2/c1-22-15(8-14(20-22)11-2-4-13(18)5-3-11)17(24)23-7-6-12(9-23)16-19-10-25-21-16/h2-5,8,10,12H,6-7,9H2,1H3/t12-/m0/s1. The third-order valence-corrected chi connectivity index (χ3v) is 4.46. The third-order valence-electron chi connectivity index (χ3n) is 4.46. The van der Waals surface area contributed by atoms with E-state index in [2.05, 4.69) is 15.2 Å². The topological polar surface area (TPSA) is 77.0 Å². The van der Waals surface area contributed by atoms with Crippen molar-refractivity contribution < 1.29 is 13.7 Å². The van der Waals surface area contributed by atoms with Gasteiger partial charge in [-0.15, -0.1) is 0 Å². The lowest BCUT2D eigenvalue weighted by Gasteiger charge is -2.15. The van der Waals surface area contributed by atoms with Crippen LogP contribution in [0.3, 0.4) is 0 Å². The van der Waals surface area contributed by atoms with E-state index in [0.717, 1.165) is 12.0 Å². The van der Waals surface area contributed by atoms with Crippen molar-refractivity contribution in [2.75, 3.05) is 13.1 Å². The zero-order valence-electron chi connectivity index (χ0n) is 13.6. The Hall–Kier alpha value is -3.03. The highest BCUT2D eigenvalue weighted by Gasteiger charge is 2.31. The van der Waals surface area contributed by atoms with Crippen LogP contribution in [0, 0.1) is 5.82 Å². The predicted molar refractivity (Wildman–Crippen MR) is 86.2 cm³/mol. The molecule has 0 N–H and O–H groups in total. The largest absolute Gasteiger partial charge is 0.343 e. The molecule has 0 bridgehead atoms. The molecule has 0 saturated carbocycles. The van der Waals surface area contributed by atoms with E-state index in [0.29, 0.717) is 30.3 Å². The van der Waals surface area contributed by atoms with Crippen LogP contribution in [-0.4, -0.2) is 43.8 Å². The maximum Gasteiger partial charge on any atom is 0.272 e. The first-order chi connectivity index (χ1) is 12.1. The summed E-state index contributed by atoms with van der Waals surface area (Å²) >= 11 is 0. The van der Waals surface area contributed by atoms with Gasteiger partial charge in [0.1, 0.15) is 11.5 Å². The van der Waals surface area contributed by atoms with Crippen molar-refractivity contribution in [3.63, 3.8) is 0 Å². The van der Waals surface area contributed by atoms with Crippen molar-refractivity contribution in [2.24, 2.45) is 7.05 Å². The molecular weight excluding hydrogens is 325 g/mol. The third kappa shape index (κ3) is 2.90. The van der Waals surface area contributed by atoms with Gasteiger partial charge >= 0.3 is 0 Å². The summed E-state index contributed by atoms with van der Waals surface area (Å²) in [5.74, 6) is 0.328. The van der Waals surface area contributed by atoms with Crippen LogP contribution in [0.5, 0.6) is 0 Å². The molecule has 4 rings (SSSR count). The number of amides is 1. The molecule has 8 heteroatoms. The molecule has 1 fully saturated rings. The second-order valence-corrected chi connectivity index (χ2v) is 6.07. The number of hydrogen-bond donors (Lipinski definition) is 0. The number of hydrogen-bond acceptors (Lipinski definition) is 5. The van der Waals surface area contributed by atoms with Gasteiger partial charge in [0.05, 0.1) is 5.69 Å². The summed E-state index contributed by atoms with van der Waals surface area (Å²) in [6.45, 7) is 1.19. The Morgan fingerprint density at radius 3 is 2.84 bits per heavy atom. The Labute approximate surface area is 143 Å². The van der Waals surface area contributed by atoms with Crippen LogP contribution in [0.25, 0.3) is 11.3 Å². The van der Waals surface area contributed by atoms with Gasteiger partial charge in [-0.1, -0.05) is 5.16 Å². The minimum absolute atomic E-state index is 0.0886. The Kier molecular flexibility index (Phi) is 3.79. The monoisotopic (exact) mass is 341 g/mol. The van der Waals surface area contributed by atoms with Gasteiger partial charge in [0.25, 0.3) is 5.91 Å². The molecule has 2 aromatic heterocycles. The minimum atomic E-state index is -0.305. The highest BCUT2D eigenvalue weighted by atomic mass is 19.1. The summed E-state index contributed by atoms with van der Waals surface area (Å²) in [7, 11) is 1.73. The van der Waals surface area contributed by atoms with Crippen molar-refractivity contribution in [3.8, 4) is 11.3 Å². The van der Waals surface area contributed by atoms with Crippen LogP contribution in [0.1, 0.15) is 28.7 Å². The van der Waals surface area contributed by atoms with Crippen molar-refractivity contribution >= 4 is 5.91 Å². The normalized spacial score (nSPS) is 17.2. The van der Waals surface area contributed by atoms with Crippen molar-refractivity contribution in [1.29, 1.82) is 0 Å². The zero-order chi connectivity index (χ0) is 17.4. The molecule has 7 nitrogen and oxygen atoms in total. The van der Waals surface area contributed by atoms with Gasteiger partial charge in [0, 0.05) is 31.6 Å². The molecular formula is C17H16FN5O2. The van der Waals surface area contributed by atoms with E-state index in [-0.39, 0.29) is 17.6 Å². The summed E-state index contributed by atoms with van der Waals surface area (Å²) in [6, 6.07) is 7.78. The van der Waals surface area contributed by atoms with Gasteiger partial charge < -0.3 is 9.42 Å². The van der Waals surface area contributed by atoms with Gasteiger partial charge in [-0.05, 0) is 36.8 Å². The van der Waals surface area contributed by atoms with E-state index in [9.17, 15) is 9.18 Å². The predicted octanol–water partition coefficient (Wildman–Crippen LogP) is 2.24. The van der Waals surface area contributed by atoms with Crippen molar-refractivity contribution in [3.05, 3.63) is 54.1 Å². The molecule has 1 amide bonds. The van der Waals surface area contributed by atoms with Crippen LogP contribution < -0.4 is 0 Å². The quantitative estimate of drug-likeness (QED) is 0.730. The molecule has 0 radical (unpaired) electrons. The van der Waals surface area contributed by atoms with Gasteiger partial charge in [0.15, 0.2) is 5.82 Å². The number of nitrogens with zero attached hydrogens (tertiary/aromatic N) is 5.